The van der Waals surface area contributed by atoms with E-state index in [9.17, 15) is 14.7 Å². The molecular weight excluding hydrogens is 184 g/mol. The Morgan fingerprint density at radius 3 is 2.86 bits per heavy atom. The van der Waals surface area contributed by atoms with Crippen molar-refractivity contribution in [3.05, 3.63) is 0 Å². The molecule has 1 aliphatic heterocycles. The summed E-state index contributed by atoms with van der Waals surface area (Å²) in [5.74, 6) is -1.43. The Kier molecular flexibility index (Phi) is 2.31. The number of aliphatic hydroxyl groups is 1. The normalized spacial score (nSPS) is 43.0. The summed E-state index contributed by atoms with van der Waals surface area (Å²) in [7, 11) is 0. The van der Waals surface area contributed by atoms with Gasteiger partial charge in [-0.1, -0.05) is 0 Å². The van der Waals surface area contributed by atoms with E-state index in [0.29, 0.717) is 19.3 Å². The number of hydrogen-bond acceptors (Lipinski definition) is 4. The second kappa shape index (κ2) is 3.35. The van der Waals surface area contributed by atoms with Crippen molar-refractivity contribution in [2.24, 2.45) is 11.8 Å². The van der Waals surface area contributed by atoms with Crippen molar-refractivity contribution in [3.63, 3.8) is 0 Å². The predicted molar refractivity (Wildman–Crippen MR) is 47.4 cm³/mol. The molecule has 0 aromatic heterocycles. The summed E-state index contributed by atoms with van der Waals surface area (Å²) < 4.78 is 5.00. The molecule has 1 heterocycles. The van der Waals surface area contributed by atoms with Crippen molar-refractivity contribution in [3.8, 4) is 0 Å². The first-order valence-corrected chi connectivity index (χ1v) is 5.01. The first-order valence-electron chi connectivity index (χ1n) is 5.01. The second-order valence-corrected chi connectivity index (χ2v) is 4.20. The van der Waals surface area contributed by atoms with Crippen LogP contribution in [0.2, 0.25) is 0 Å². The number of carbonyl (C=O) groups is 2. The smallest absolute Gasteiger partial charge is 0.317 e. The lowest BCUT2D eigenvalue weighted by molar-refractivity contribution is -0.174. The molecule has 78 valence electrons. The third kappa shape index (κ3) is 1.43. The highest BCUT2D eigenvalue weighted by molar-refractivity contribution is 6.00. The van der Waals surface area contributed by atoms with E-state index in [0.717, 1.165) is 0 Å². The van der Waals surface area contributed by atoms with Gasteiger partial charge in [0, 0.05) is 12.3 Å². The van der Waals surface area contributed by atoms with Gasteiger partial charge < -0.3 is 9.84 Å². The van der Waals surface area contributed by atoms with E-state index in [2.05, 4.69) is 0 Å². The van der Waals surface area contributed by atoms with E-state index in [4.69, 9.17) is 4.74 Å². The molecule has 1 saturated heterocycles. The maximum absolute atomic E-state index is 11.5. The molecule has 0 bridgehead atoms. The fourth-order valence-corrected chi connectivity index (χ4v) is 2.42. The van der Waals surface area contributed by atoms with Gasteiger partial charge in [-0.05, 0) is 19.8 Å². The van der Waals surface area contributed by atoms with Crippen molar-refractivity contribution in [1.82, 2.24) is 0 Å². The number of ketones is 1. The van der Waals surface area contributed by atoms with Crippen LogP contribution in [0.25, 0.3) is 0 Å². The fourth-order valence-electron chi connectivity index (χ4n) is 2.42. The maximum atomic E-state index is 11.5. The Morgan fingerprint density at radius 2 is 2.14 bits per heavy atom. The SMILES string of the molecule is C[C@@H]1C[C@H]2[C@@H](C(=O)CC[C@H]2O)C(=O)O1. The van der Waals surface area contributed by atoms with E-state index < -0.39 is 18.0 Å². The van der Waals surface area contributed by atoms with E-state index in [-0.39, 0.29) is 17.8 Å². The number of cyclic esters (lactones) is 1. The zero-order valence-electron chi connectivity index (χ0n) is 8.10. The van der Waals surface area contributed by atoms with Crippen LogP contribution < -0.4 is 0 Å². The molecule has 0 aromatic rings. The van der Waals surface area contributed by atoms with Crippen molar-refractivity contribution in [1.29, 1.82) is 0 Å². The Labute approximate surface area is 82.2 Å². The van der Waals surface area contributed by atoms with Crippen molar-refractivity contribution < 1.29 is 19.4 Å². The highest BCUT2D eigenvalue weighted by Gasteiger charge is 2.47. The van der Waals surface area contributed by atoms with Crippen LogP contribution in [0.5, 0.6) is 0 Å². The first kappa shape index (κ1) is 9.65. The van der Waals surface area contributed by atoms with E-state index in [1.165, 1.54) is 0 Å². The predicted octanol–water partition coefficient (Wildman–Crippen LogP) is 0.278. The van der Waals surface area contributed by atoms with Gasteiger partial charge in [0.15, 0.2) is 0 Å². The zero-order chi connectivity index (χ0) is 10.3. The zero-order valence-corrected chi connectivity index (χ0v) is 8.10. The number of ether oxygens (including phenoxy) is 1. The highest BCUT2D eigenvalue weighted by Crippen LogP contribution is 2.36. The lowest BCUT2D eigenvalue weighted by atomic mass is 9.72. The Hall–Kier alpha value is -0.900. The summed E-state index contributed by atoms with van der Waals surface area (Å²) >= 11 is 0. The molecule has 0 aromatic carbocycles. The molecule has 0 unspecified atom stereocenters. The third-order valence-corrected chi connectivity index (χ3v) is 3.13. The van der Waals surface area contributed by atoms with Crippen LogP contribution in [0, 0.1) is 11.8 Å². The van der Waals surface area contributed by atoms with Gasteiger partial charge in [-0.15, -0.1) is 0 Å². The van der Waals surface area contributed by atoms with E-state index >= 15 is 0 Å². The minimum absolute atomic E-state index is 0.0720. The van der Waals surface area contributed by atoms with Crippen molar-refractivity contribution >= 4 is 11.8 Å². The van der Waals surface area contributed by atoms with Crippen molar-refractivity contribution in [2.75, 3.05) is 0 Å². The summed E-state index contributed by atoms with van der Waals surface area (Å²) in [6, 6.07) is 0. The van der Waals surface area contributed by atoms with Crippen LogP contribution in [-0.4, -0.2) is 29.1 Å². The molecular formula is C10H14O4. The van der Waals surface area contributed by atoms with Gasteiger partial charge in [0.25, 0.3) is 0 Å². The van der Waals surface area contributed by atoms with Crippen LogP contribution in [0.15, 0.2) is 0 Å². The number of rotatable bonds is 0. The average Bonchev–Trinajstić information content (AvgIpc) is 2.10. The summed E-state index contributed by atoms with van der Waals surface area (Å²) in [4.78, 5) is 22.9. The Balaban J connectivity index is 2.23. The number of fused-ring (bicyclic) bond motifs is 1. The molecule has 1 N–H and O–H groups in total. The van der Waals surface area contributed by atoms with Gasteiger partial charge in [0.05, 0.1) is 12.2 Å². The molecule has 2 fully saturated rings. The van der Waals surface area contributed by atoms with Crippen LogP contribution in [0.1, 0.15) is 26.2 Å². The highest BCUT2D eigenvalue weighted by atomic mass is 16.5. The van der Waals surface area contributed by atoms with Gasteiger partial charge in [-0.3, -0.25) is 9.59 Å². The summed E-state index contributed by atoms with van der Waals surface area (Å²) in [5, 5.41) is 9.70. The van der Waals surface area contributed by atoms with E-state index in [1.54, 1.807) is 6.92 Å². The minimum atomic E-state index is -0.699. The fraction of sp³-hybridized carbons (Fsp3) is 0.800. The topological polar surface area (TPSA) is 63.6 Å². The monoisotopic (exact) mass is 198 g/mol. The average molecular weight is 198 g/mol. The molecule has 1 saturated carbocycles. The van der Waals surface area contributed by atoms with Gasteiger partial charge in [0.1, 0.15) is 11.7 Å². The van der Waals surface area contributed by atoms with Gasteiger partial charge in [-0.25, -0.2) is 0 Å². The van der Waals surface area contributed by atoms with E-state index in [1.807, 2.05) is 0 Å². The molecule has 14 heavy (non-hydrogen) atoms. The third-order valence-electron chi connectivity index (χ3n) is 3.13. The summed E-state index contributed by atoms with van der Waals surface area (Å²) in [6.07, 6.45) is 0.687. The molecule has 2 aliphatic rings. The quantitative estimate of drug-likeness (QED) is 0.448. The molecule has 2 rings (SSSR count). The molecule has 1 aliphatic carbocycles. The minimum Gasteiger partial charge on any atom is -0.462 e. The number of aliphatic hydroxyl groups excluding tert-OH is 1. The number of Topliss-reactive ketones (excluding diaryl/α,β-unsaturated/α-hetero) is 1. The molecule has 0 radical (unpaired) electrons. The van der Waals surface area contributed by atoms with Crippen LogP contribution >= 0.6 is 0 Å². The molecule has 4 heteroatoms. The lowest BCUT2D eigenvalue weighted by Crippen LogP contribution is -2.49. The van der Waals surface area contributed by atoms with Crippen LogP contribution in [-0.2, 0) is 14.3 Å². The molecule has 4 nitrogen and oxygen atoms in total. The Morgan fingerprint density at radius 1 is 1.43 bits per heavy atom. The second-order valence-electron chi connectivity index (χ2n) is 4.20. The van der Waals surface area contributed by atoms with Gasteiger partial charge >= 0.3 is 5.97 Å². The largest absolute Gasteiger partial charge is 0.462 e. The number of hydrogen-bond donors (Lipinski definition) is 1. The Bertz CT molecular complexity index is 273. The first-order chi connectivity index (χ1) is 6.59. The van der Waals surface area contributed by atoms with Crippen LogP contribution in [0.4, 0.5) is 0 Å². The molecule has 0 spiro atoms. The lowest BCUT2D eigenvalue weighted by Gasteiger charge is -2.38. The van der Waals surface area contributed by atoms with Gasteiger partial charge in [0.2, 0.25) is 0 Å². The van der Waals surface area contributed by atoms with Crippen LogP contribution in [0.3, 0.4) is 0 Å². The summed E-state index contributed by atoms with van der Waals surface area (Å²) in [6.45, 7) is 1.79. The number of esters is 1. The maximum Gasteiger partial charge on any atom is 0.317 e. The summed E-state index contributed by atoms with van der Waals surface area (Å²) in [5.41, 5.74) is 0. The van der Waals surface area contributed by atoms with Gasteiger partial charge in [-0.2, -0.15) is 0 Å². The number of carbonyl (C=O) groups excluding carboxylic acids is 2. The molecule has 0 amide bonds. The molecule has 4 atom stereocenters. The standard InChI is InChI=1S/C10H14O4/c1-5-4-6-7(11)2-3-8(12)9(6)10(13)14-5/h5-7,9,11H,2-4H2,1H3/t5-,6-,7-,9+/m1/s1. The van der Waals surface area contributed by atoms with Crippen molar-refractivity contribution in [2.45, 2.75) is 38.4 Å².